The van der Waals surface area contributed by atoms with E-state index in [-0.39, 0.29) is 16.5 Å². The van der Waals surface area contributed by atoms with Gasteiger partial charge in [0.25, 0.3) is 0 Å². The Bertz CT molecular complexity index is 805. The third kappa shape index (κ3) is 3.99. The molecule has 0 aliphatic carbocycles. The number of halogens is 7. The van der Waals surface area contributed by atoms with E-state index in [1.807, 2.05) is 0 Å². The van der Waals surface area contributed by atoms with Crippen LogP contribution in [0.25, 0.3) is 0 Å². The molecular weight excluding hydrogens is 523 g/mol. The highest BCUT2D eigenvalue weighted by molar-refractivity contribution is 14.1. The summed E-state index contributed by atoms with van der Waals surface area (Å²) in [6, 6.07) is 1.49. The highest BCUT2D eigenvalue weighted by Crippen LogP contribution is 2.50. The standard InChI is InChI=1S/C15H14F6IN5O2/c1-2-7(3-22)13(10(28)14(16,17)18)9(4-23)26-27(12(13)29)8-5-24-11(25-6-8)15(19,20)21/h5-7,10,12,28-29H,2-3H2,1H3. The minimum atomic E-state index is -5.20. The van der Waals surface area contributed by atoms with Gasteiger partial charge in [-0.05, 0) is 5.92 Å². The molecule has 0 fully saturated rings. The molecule has 0 saturated carbocycles. The fourth-order valence-electron chi connectivity index (χ4n) is 3.22. The summed E-state index contributed by atoms with van der Waals surface area (Å²) in [5.41, 5.74) is -3.72. The van der Waals surface area contributed by atoms with Crippen LogP contribution in [0.4, 0.5) is 32.0 Å². The van der Waals surface area contributed by atoms with Gasteiger partial charge >= 0.3 is 12.4 Å². The molecule has 7 nitrogen and oxygen atoms in total. The number of nitrogens with zero attached hydrogens (tertiary/aromatic N) is 5. The van der Waals surface area contributed by atoms with E-state index in [2.05, 4.69) is 15.1 Å². The van der Waals surface area contributed by atoms with Gasteiger partial charge in [-0.3, -0.25) is 0 Å². The first-order valence-electron chi connectivity index (χ1n) is 8.02. The van der Waals surface area contributed by atoms with Crippen LogP contribution in [0.2, 0.25) is 0 Å². The molecule has 4 unspecified atom stereocenters. The van der Waals surface area contributed by atoms with E-state index in [0.717, 1.165) is 0 Å². The zero-order valence-corrected chi connectivity index (χ0v) is 16.7. The summed E-state index contributed by atoms with van der Waals surface area (Å²) in [7, 11) is 0. The van der Waals surface area contributed by atoms with Gasteiger partial charge in [0.1, 0.15) is 11.5 Å². The van der Waals surface area contributed by atoms with Gasteiger partial charge in [0, 0.05) is 4.43 Å². The number of hydrogen-bond acceptors (Lipinski definition) is 7. The van der Waals surface area contributed by atoms with Crippen molar-refractivity contribution < 1.29 is 36.6 Å². The molecule has 0 aromatic carbocycles. The summed E-state index contributed by atoms with van der Waals surface area (Å²) in [5.74, 6) is -2.53. The van der Waals surface area contributed by atoms with Gasteiger partial charge in [-0.25, -0.2) is 15.0 Å². The Labute approximate surface area is 174 Å². The van der Waals surface area contributed by atoms with Gasteiger partial charge in [0.15, 0.2) is 18.0 Å². The largest absolute Gasteiger partial charge is 0.451 e. The van der Waals surface area contributed by atoms with Crippen molar-refractivity contribution in [3.63, 3.8) is 0 Å². The first-order chi connectivity index (χ1) is 13.3. The topological polar surface area (TPSA) is 106 Å². The molecule has 2 rings (SSSR count). The quantitative estimate of drug-likeness (QED) is 0.340. The van der Waals surface area contributed by atoms with Gasteiger partial charge in [0.05, 0.1) is 18.1 Å². The summed E-state index contributed by atoms with van der Waals surface area (Å²) < 4.78 is 78.4. The second-order valence-corrected chi connectivity index (χ2v) is 7.06. The molecule has 1 aromatic heterocycles. The summed E-state index contributed by atoms with van der Waals surface area (Å²) in [6.45, 7) is 1.51. The Balaban J connectivity index is 2.61. The van der Waals surface area contributed by atoms with Crippen LogP contribution in [0.1, 0.15) is 19.2 Å². The van der Waals surface area contributed by atoms with Gasteiger partial charge in [-0.15, -0.1) is 0 Å². The van der Waals surface area contributed by atoms with Crippen LogP contribution in [0.3, 0.4) is 0 Å². The molecule has 0 radical (unpaired) electrons. The van der Waals surface area contributed by atoms with Crippen LogP contribution in [-0.4, -0.2) is 48.8 Å². The Hall–Kier alpha value is -1.73. The molecule has 14 heteroatoms. The van der Waals surface area contributed by atoms with Crippen LogP contribution in [0.5, 0.6) is 0 Å². The number of aliphatic hydroxyl groups excluding tert-OH is 2. The molecule has 1 aromatic rings. The second kappa shape index (κ2) is 8.19. The molecular formula is C15H14F6IN5O2. The van der Waals surface area contributed by atoms with Gasteiger partial charge in [0.2, 0.25) is 5.82 Å². The lowest BCUT2D eigenvalue weighted by atomic mass is 9.66. The van der Waals surface area contributed by atoms with Crippen molar-refractivity contribution >= 4 is 34.0 Å². The molecule has 0 saturated heterocycles. The predicted octanol–water partition coefficient (Wildman–Crippen LogP) is 2.88. The van der Waals surface area contributed by atoms with Crippen molar-refractivity contribution in [3.05, 3.63) is 18.2 Å². The first kappa shape index (κ1) is 23.5. The number of nitriles is 1. The molecule has 2 N–H and O–H groups in total. The van der Waals surface area contributed by atoms with E-state index >= 15 is 0 Å². The molecule has 1 aliphatic heterocycles. The fourth-order valence-corrected chi connectivity index (χ4v) is 4.57. The summed E-state index contributed by atoms with van der Waals surface area (Å²) >= 11 is 1.76. The van der Waals surface area contributed by atoms with Crippen molar-refractivity contribution in [1.29, 1.82) is 5.26 Å². The number of alkyl halides is 7. The third-order valence-electron chi connectivity index (χ3n) is 4.66. The SMILES string of the molecule is CCC(CI)C1(C(O)C(F)(F)F)C(C#N)=NN(c2cnc(C(F)(F)F)nc2)C1O. The minimum absolute atomic E-state index is 0.0243. The third-order valence-corrected chi connectivity index (χ3v) is 5.72. The van der Waals surface area contributed by atoms with Gasteiger partial charge < -0.3 is 10.2 Å². The predicted molar refractivity (Wildman–Crippen MR) is 95.7 cm³/mol. The maximum Gasteiger partial charge on any atom is 0.451 e. The van der Waals surface area contributed by atoms with Crippen molar-refractivity contribution in [2.24, 2.45) is 16.4 Å². The van der Waals surface area contributed by atoms with Crippen molar-refractivity contribution in [2.75, 3.05) is 9.44 Å². The number of anilines is 1. The Morgan fingerprint density at radius 3 is 2.21 bits per heavy atom. The Morgan fingerprint density at radius 1 is 1.28 bits per heavy atom. The second-order valence-electron chi connectivity index (χ2n) is 6.18. The monoisotopic (exact) mass is 537 g/mol. The van der Waals surface area contributed by atoms with Crippen molar-refractivity contribution in [2.45, 2.75) is 38.0 Å². The molecule has 0 spiro atoms. The zero-order valence-electron chi connectivity index (χ0n) is 14.6. The van der Waals surface area contributed by atoms with Gasteiger partial charge in [-0.1, -0.05) is 35.9 Å². The van der Waals surface area contributed by atoms with Crippen LogP contribution >= 0.6 is 22.6 Å². The van der Waals surface area contributed by atoms with Crippen molar-refractivity contribution in [3.8, 4) is 6.07 Å². The molecule has 4 atom stereocenters. The van der Waals surface area contributed by atoms with Crippen molar-refractivity contribution in [1.82, 2.24) is 9.97 Å². The number of rotatable bonds is 5. The highest BCUT2D eigenvalue weighted by Gasteiger charge is 2.66. The van der Waals surface area contributed by atoms with E-state index in [0.29, 0.717) is 17.4 Å². The van der Waals surface area contributed by atoms with E-state index in [4.69, 9.17) is 0 Å². The molecule has 0 amide bonds. The summed E-state index contributed by atoms with van der Waals surface area (Å²) in [6.07, 6.45) is -14.1. The first-order valence-corrected chi connectivity index (χ1v) is 9.54. The van der Waals surface area contributed by atoms with Crippen LogP contribution in [-0.2, 0) is 6.18 Å². The summed E-state index contributed by atoms with van der Waals surface area (Å²) in [4.78, 5) is 6.16. The lowest BCUT2D eigenvalue weighted by molar-refractivity contribution is -0.245. The summed E-state index contributed by atoms with van der Waals surface area (Å²) in [5, 5.41) is 34.5. The number of aromatic nitrogens is 2. The van der Waals surface area contributed by atoms with E-state index in [1.165, 1.54) is 13.0 Å². The van der Waals surface area contributed by atoms with Crippen LogP contribution in [0.15, 0.2) is 17.5 Å². The fraction of sp³-hybridized carbons (Fsp3) is 0.600. The molecule has 0 bridgehead atoms. The maximum atomic E-state index is 13.5. The minimum Gasteiger partial charge on any atom is -0.383 e. The van der Waals surface area contributed by atoms with Gasteiger partial charge in [-0.2, -0.15) is 36.7 Å². The molecule has 160 valence electrons. The average Bonchev–Trinajstić information content (AvgIpc) is 2.94. The number of hydrogen-bond donors (Lipinski definition) is 2. The zero-order chi connectivity index (χ0) is 22.2. The van der Waals surface area contributed by atoms with E-state index in [9.17, 15) is 41.8 Å². The lowest BCUT2D eigenvalue weighted by Crippen LogP contribution is -2.61. The van der Waals surface area contributed by atoms with E-state index < -0.39 is 47.6 Å². The average molecular weight is 537 g/mol. The normalized spacial score (nSPS) is 24.8. The maximum absolute atomic E-state index is 13.5. The Kier molecular flexibility index (Phi) is 6.65. The highest BCUT2D eigenvalue weighted by atomic mass is 127. The smallest absolute Gasteiger partial charge is 0.383 e. The molecule has 2 heterocycles. The Morgan fingerprint density at radius 2 is 1.83 bits per heavy atom. The van der Waals surface area contributed by atoms with Crippen LogP contribution < -0.4 is 5.01 Å². The number of aliphatic hydroxyl groups is 2. The molecule has 1 aliphatic rings. The molecule has 29 heavy (non-hydrogen) atoms. The van der Waals surface area contributed by atoms with E-state index in [1.54, 1.807) is 22.6 Å². The number of hydrazone groups is 1. The van der Waals surface area contributed by atoms with Crippen LogP contribution in [0, 0.1) is 22.7 Å². The lowest BCUT2D eigenvalue weighted by Gasteiger charge is -2.43.